The van der Waals surface area contributed by atoms with Crippen molar-refractivity contribution in [2.75, 3.05) is 26.7 Å². The van der Waals surface area contributed by atoms with Crippen LogP contribution in [0.2, 0.25) is 0 Å². The number of halogens is 3. The van der Waals surface area contributed by atoms with Crippen molar-refractivity contribution in [3.63, 3.8) is 0 Å². The Kier molecular flexibility index (Phi) is 4.36. The molecule has 4 nitrogen and oxygen atoms in total. The van der Waals surface area contributed by atoms with Crippen molar-refractivity contribution in [1.29, 1.82) is 0 Å². The number of sulfonamides is 1. The lowest BCUT2D eigenvalue weighted by atomic mass is 10.1. The molecular formula is C12H15F3N2O2S. The van der Waals surface area contributed by atoms with E-state index in [-0.39, 0.29) is 19.0 Å². The third kappa shape index (κ3) is 2.68. The molecule has 1 aromatic rings. The van der Waals surface area contributed by atoms with Gasteiger partial charge >= 0.3 is 0 Å². The van der Waals surface area contributed by atoms with Gasteiger partial charge in [-0.1, -0.05) is 0 Å². The van der Waals surface area contributed by atoms with Gasteiger partial charge in [-0.15, -0.1) is 0 Å². The van der Waals surface area contributed by atoms with Gasteiger partial charge in [0.05, 0.1) is 0 Å². The molecule has 112 valence electrons. The molecule has 0 aliphatic carbocycles. The zero-order valence-corrected chi connectivity index (χ0v) is 11.7. The second-order valence-electron chi connectivity index (χ2n) is 4.75. The van der Waals surface area contributed by atoms with E-state index < -0.39 is 32.4 Å². The van der Waals surface area contributed by atoms with Crippen LogP contribution in [0.3, 0.4) is 0 Å². The highest BCUT2D eigenvalue weighted by Crippen LogP contribution is 2.27. The second kappa shape index (κ2) is 5.71. The van der Waals surface area contributed by atoms with E-state index >= 15 is 0 Å². The first-order chi connectivity index (χ1) is 9.37. The van der Waals surface area contributed by atoms with Crippen LogP contribution in [0, 0.1) is 23.4 Å². The molecule has 1 aromatic carbocycles. The fourth-order valence-electron chi connectivity index (χ4n) is 2.32. The highest BCUT2D eigenvalue weighted by atomic mass is 32.2. The number of hydrogen-bond acceptors (Lipinski definition) is 3. The van der Waals surface area contributed by atoms with Crippen LogP contribution in [0.1, 0.15) is 6.42 Å². The summed E-state index contributed by atoms with van der Waals surface area (Å²) in [4.78, 5) is -0.818. The number of hydrogen-bond donors (Lipinski definition) is 1. The normalized spacial score (nSPS) is 20.5. The molecule has 0 spiro atoms. The molecule has 0 radical (unpaired) electrons. The summed E-state index contributed by atoms with van der Waals surface area (Å²) in [6.45, 7) is 1.13. The number of nitrogens with one attached hydrogen (secondary N) is 1. The van der Waals surface area contributed by atoms with E-state index in [9.17, 15) is 21.6 Å². The van der Waals surface area contributed by atoms with Gasteiger partial charge in [0.25, 0.3) is 0 Å². The Hall–Kier alpha value is -1.12. The van der Waals surface area contributed by atoms with Crippen molar-refractivity contribution < 1.29 is 21.6 Å². The number of rotatable bonds is 4. The van der Waals surface area contributed by atoms with Gasteiger partial charge in [0.1, 0.15) is 4.90 Å². The maximum atomic E-state index is 13.6. The molecule has 1 atom stereocenters. The fraction of sp³-hybridized carbons (Fsp3) is 0.500. The molecule has 1 N–H and O–H groups in total. The molecule has 0 aromatic heterocycles. The first kappa shape index (κ1) is 15.3. The third-order valence-corrected chi connectivity index (χ3v) is 5.24. The van der Waals surface area contributed by atoms with Crippen LogP contribution in [-0.4, -0.2) is 39.4 Å². The maximum absolute atomic E-state index is 13.6. The van der Waals surface area contributed by atoms with Gasteiger partial charge in [-0.3, -0.25) is 0 Å². The van der Waals surface area contributed by atoms with Crippen molar-refractivity contribution in [1.82, 2.24) is 9.62 Å². The largest absolute Gasteiger partial charge is 0.319 e. The molecule has 1 saturated heterocycles. The SMILES string of the molecule is CNCC1CCN(S(=O)(=O)c2ccc(F)c(F)c2F)C1. The lowest BCUT2D eigenvalue weighted by Crippen LogP contribution is -2.31. The molecule has 0 amide bonds. The van der Waals surface area contributed by atoms with Crippen molar-refractivity contribution in [3.8, 4) is 0 Å². The van der Waals surface area contributed by atoms with Crippen LogP contribution in [-0.2, 0) is 10.0 Å². The van der Waals surface area contributed by atoms with Crippen LogP contribution in [0.15, 0.2) is 17.0 Å². The molecule has 1 aliphatic heterocycles. The summed E-state index contributed by atoms with van der Waals surface area (Å²) < 4.78 is 65.2. The lowest BCUT2D eigenvalue weighted by molar-refractivity contribution is 0.419. The first-order valence-corrected chi connectivity index (χ1v) is 7.60. The van der Waals surface area contributed by atoms with Crippen LogP contribution >= 0.6 is 0 Å². The minimum Gasteiger partial charge on any atom is -0.319 e. The van der Waals surface area contributed by atoms with Gasteiger partial charge in [-0.2, -0.15) is 4.31 Å². The Morgan fingerprint density at radius 1 is 1.30 bits per heavy atom. The van der Waals surface area contributed by atoms with E-state index in [0.717, 1.165) is 10.4 Å². The topological polar surface area (TPSA) is 49.4 Å². The summed E-state index contributed by atoms with van der Waals surface area (Å²) in [5.74, 6) is -4.71. The van der Waals surface area contributed by atoms with Crippen LogP contribution < -0.4 is 5.32 Å². The molecule has 0 saturated carbocycles. The zero-order valence-electron chi connectivity index (χ0n) is 10.9. The van der Waals surface area contributed by atoms with Crippen molar-refractivity contribution in [2.45, 2.75) is 11.3 Å². The smallest absolute Gasteiger partial charge is 0.246 e. The summed E-state index contributed by atoms with van der Waals surface area (Å²) in [5.41, 5.74) is 0. The number of benzene rings is 1. The molecule has 1 heterocycles. The number of nitrogens with zero attached hydrogens (tertiary/aromatic N) is 1. The van der Waals surface area contributed by atoms with E-state index in [1.54, 1.807) is 7.05 Å². The quantitative estimate of drug-likeness (QED) is 0.854. The van der Waals surface area contributed by atoms with Gasteiger partial charge in [-0.25, -0.2) is 21.6 Å². The summed E-state index contributed by atoms with van der Waals surface area (Å²) in [6, 6.07) is 1.38. The Labute approximate surface area is 115 Å². The molecule has 0 bridgehead atoms. The van der Waals surface area contributed by atoms with Crippen molar-refractivity contribution in [2.24, 2.45) is 5.92 Å². The monoisotopic (exact) mass is 308 g/mol. The van der Waals surface area contributed by atoms with E-state index in [1.165, 1.54) is 0 Å². The first-order valence-electron chi connectivity index (χ1n) is 6.16. The Morgan fingerprint density at radius 2 is 2.00 bits per heavy atom. The van der Waals surface area contributed by atoms with E-state index in [2.05, 4.69) is 5.32 Å². The van der Waals surface area contributed by atoms with Crippen LogP contribution in [0.25, 0.3) is 0 Å². The predicted octanol–water partition coefficient (Wildman–Crippen LogP) is 1.33. The summed E-state index contributed by atoms with van der Waals surface area (Å²) >= 11 is 0. The standard InChI is InChI=1S/C12H15F3N2O2S/c1-16-6-8-4-5-17(7-8)20(18,19)10-3-2-9(13)11(14)12(10)15/h2-3,8,16H,4-7H2,1H3. The van der Waals surface area contributed by atoms with E-state index in [1.807, 2.05) is 0 Å². The molecule has 2 rings (SSSR count). The molecule has 1 aliphatic rings. The van der Waals surface area contributed by atoms with Crippen molar-refractivity contribution >= 4 is 10.0 Å². The Balaban J connectivity index is 2.30. The van der Waals surface area contributed by atoms with Crippen LogP contribution in [0.5, 0.6) is 0 Å². The third-order valence-electron chi connectivity index (χ3n) is 3.36. The van der Waals surface area contributed by atoms with Crippen molar-refractivity contribution in [3.05, 3.63) is 29.6 Å². The fourth-order valence-corrected chi connectivity index (χ4v) is 3.90. The molecule has 20 heavy (non-hydrogen) atoms. The average Bonchev–Trinajstić information content (AvgIpc) is 2.85. The van der Waals surface area contributed by atoms with Crippen LogP contribution in [0.4, 0.5) is 13.2 Å². The van der Waals surface area contributed by atoms with E-state index in [0.29, 0.717) is 19.0 Å². The van der Waals surface area contributed by atoms with Gasteiger partial charge < -0.3 is 5.32 Å². The van der Waals surface area contributed by atoms with Gasteiger partial charge in [-0.05, 0) is 38.1 Å². The maximum Gasteiger partial charge on any atom is 0.246 e. The zero-order chi connectivity index (χ0) is 14.9. The molecule has 1 unspecified atom stereocenters. The molecular weight excluding hydrogens is 293 g/mol. The summed E-state index contributed by atoms with van der Waals surface area (Å²) in [7, 11) is -2.38. The summed E-state index contributed by atoms with van der Waals surface area (Å²) in [5, 5.41) is 2.94. The second-order valence-corrected chi connectivity index (χ2v) is 6.66. The van der Waals surface area contributed by atoms with E-state index in [4.69, 9.17) is 0 Å². The molecule has 1 fully saturated rings. The highest BCUT2D eigenvalue weighted by Gasteiger charge is 2.35. The summed E-state index contributed by atoms with van der Waals surface area (Å²) in [6.07, 6.45) is 0.644. The minimum absolute atomic E-state index is 0.128. The Morgan fingerprint density at radius 3 is 2.65 bits per heavy atom. The highest BCUT2D eigenvalue weighted by molar-refractivity contribution is 7.89. The molecule has 8 heteroatoms. The van der Waals surface area contributed by atoms with Gasteiger partial charge in [0, 0.05) is 13.1 Å². The predicted molar refractivity (Wildman–Crippen MR) is 67.1 cm³/mol. The van der Waals surface area contributed by atoms with Gasteiger partial charge in [0.2, 0.25) is 10.0 Å². The Bertz CT molecular complexity index is 607. The lowest BCUT2D eigenvalue weighted by Gasteiger charge is -2.17. The average molecular weight is 308 g/mol. The minimum atomic E-state index is -4.14. The van der Waals surface area contributed by atoms with Gasteiger partial charge in [0.15, 0.2) is 17.5 Å².